The van der Waals surface area contributed by atoms with Gasteiger partial charge in [0.25, 0.3) is 0 Å². The number of benzene rings is 2. The number of carbonyl (C=O) groups is 1. The molecule has 10 heteroatoms. The molecular weight excluding hydrogens is 413 g/mol. The van der Waals surface area contributed by atoms with Crippen LogP contribution < -0.4 is 20.1 Å². The van der Waals surface area contributed by atoms with Gasteiger partial charge in [-0.1, -0.05) is 0 Å². The lowest BCUT2D eigenvalue weighted by Crippen LogP contribution is -2.19. The van der Waals surface area contributed by atoms with Crippen molar-refractivity contribution in [1.82, 2.24) is 9.38 Å². The van der Waals surface area contributed by atoms with Crippen molar-refractivity contribution >= 4 is 23.1 Å². The zero-order valence-electron chi connectivity index (χ0n) is 15.8. The highest BCUT2D eigenvalue weighted by Crippen LogP contribution is 2.25. The van der Waals surface area contributed by atoms with Gasteiger partial charge >= 0.3 is 12.4 Å². The molecule has 0 saturated heterocycles. The Labute approximate surface area is 174 Å². The van der Waals surface area contributed by atoms with Crippen LogP contribution in [0.5, 0.6) is 17.2 Å². The van der Waals surface area contributed by atoms with Crippen LogP contribution in [-0.4, -0.2) is 21.8 Å². The number of aromatic nitrogens is 2. The van der Waals surface area contributed by atoms with E-state index in [2.05, 4.69) is 20.4 Å². The molecule has 0 atom stereocenters. The molecule has 0 aliphatic rings. The van der Waals surface area contributed by atoms with Crippen LogP contribution in [0.2, 0.25) is 0 Å². The highest BCUT2D eigenvalue weighted by Gasteiger charge is 2.30. The number of hydrogen-bond acceptors (Lipinski definition) is 4. The maximum Gasteiger partial charge on any atom is 0.573 e. The van der Waals surface area contributed by atoms with Crippen LogP contribution in [0.3, 0.4) is 0 Å². The number of fused-ring (bicyclic) bond motifs is 1. The van der Waals surface area contributed by atoms with Gasteiger partial charge in [-0.3, -0.25) is 0 Å². The SMILES string of the molecule is O=C(Nc1ccc(Oc2ccn3ccnc3c2)cc1)Nc1ccc(OC(F)(F)F)cc1. The lowest BCUT2D eigenvalue weighted by atomic mass is 10.3. The summed E-state index contributed by atoms with van der Waals surface area (Å²) in [6.07, 6.45) is 0.582. The summed E-state index contributed by atoms with van der Waals surface area (Å²) in [6, 6.07) is 14.6. The van der Waals surface area contributed by atoms with Crippen LogP contribution in [0.25, 0.3) is 5.65 Å². The molecular formula is C21H15F3N4O3. The second-order valence-corrected chi connectivity index (χ2v) is 6.33. The van der Waals surface area contributed by atoms with E-state index in [0.717, 1.165) is 17.8 Å². The molecule has 0 aliphatic heterocycles. The number of ether oxygens (including phenoxy) is 2. The first-order valence-electron chi connectivity index (χ1n) is 8.98. The lowest BCUT2D eigenvalue weighted by Gasteiger charge is -2.11. The number of amides is 2. The molecule has 2 aromatic carbocycles. The van der Waals surface area contributed by atoms with Crippen LogP contribution in [0, 0.1) is 0 Å². The number of hydrogen-bond donors (Lipinski definition) is 2. The van der Waals surface area contributed by atoms with Gasteiger partial charge in [-0.15, -0.1) is 13.2 Å². The molecule has 0 radical (unpaired) electrons. The Balaban J connectivity index is 1.32. The second kappa shape index (κ2) is 8.27. The zero-order valence-corrected chi connectivity index (χ0v) is 15.8. The quantitative estimate of drug-likeness (QED) is 0.430. The fourth-order valence-electron chi connectivity index (χ4n) is 2.73. The number of nitrogens with zero attached hydrogens (tertiary/aromatic N) is 2. The van der Waals surface area contributed by atoms with Gasteiger partial charge in [-0.25, -0.2) is 9.78 Å². The predicted octanol–water partition coefficient (Wildman–Crippen LogP) is 5.67. The Morgan fingerprint density at radius 3 is 2.06 bits per heavy atom. The monoisotopic (exact) mass is 428 g/mol. The maximum atomic E-state index is 12.2. The smallest absolute Gasteiger partial charge is 0.457 e. The summed E-state index contributed by atoms with van der Waals surface area (Å²) in [5.41, 5.74) is 1.57. The van der Waals surface area contributed by atoms with Crippen LogP contribution in [0.1, 0.15) is 0 Å². The highest BCUT2D eigenvalue weighted by molar-refractivity contribution is 5.99. The molecule has 0 saturated carbocycles. The highest BCUT2D eigenvalue weighted by atomic mass is 19.4. The second-order valence-electron chi connectivity index (χ2n) is 6.33. The number of halogens is 3. The van der Waals surface area contributed by atoms with Crippen molar-refractivity contribution < 1.29 is 27.4 Å². The van der Waals surface area contributed by atoms with Crippen molar-refractivity contribution in [3.63, 3.8) is 0 Å². The predicted molar refractivity (Wildman–Crippen MR) is 107 cm³/mol. The van der Waals surface area contributed by atoms with E-state index in [-0.39, 0.29) is 5.75 Å². The Bertz CT molecular complexity index is 1190. The summed E-state index contributed by atoms with van der Waals surface area (Å²) in [4.78, 5) is 16.3. The third kappa shape index (κ3) is 5.44. The molecule has 0 spiro atoms. The molecule has 158 valence electrons. The standard InChI is InChI=1S/C21H15F3N4O3/c22-21(23,24)31-17-7-3-15(4-8-17)27-20(29)26-14-1-5-16(6-2-14)30-18-9-11-28-12-10-25-19(28)13-18/h1-13H,(H2,26,27,29). The summed E-state index contributed by atoms with van der Waals surface area (Å²) < 4.78 is 48.0. The van der Waals surface area contributed by atoms with Gasteiger partial charge in [0.2, 0.25) is 0 Å². The number of imidazole rings is 1. The molecule has 2 heterocycles. The van der Waals surface area contributed by atoms with Crippen molar-refractivity contribution in [2.45, 2.75) is 6.36 Å². The van der Waals surface area contributed by atoms with Crippen molar-refractivity contribution in [3.8, 4) is 17.2 Å². The fraction of sp³-hybridized carbons (Fsp3) is 0.0476. The van der Waals surface area contributed by atoms with Crippen LogP contribution in [0.15, 0.2) is 79.3 Å². The van der Waals surface area contributed by atoms with Gasteiger partial charge in [0.1, 0.15) is 22.9 Å². The van der Waals surface area contributed by atoms with E-state index in [1.807, 2.05) is 16.8 Å². The van der Waals surface area contributed by atoms with E-state index in [1.165, 1.54) is 12.1 Å². The zero-order chi connectivity index (χ0) is 21.8. The van der Waals surface area contributed by atoms with E-state index in [0.29, 0.717) is 22.9 Å². The van der Waals surface area contributed by atoms with Gasteiger partial charge in [0.15, 0.2) is 0 Å². The Kier molecular flexibility index (Phi) is 5.35. The minimum atomic E-state index is -4.77. The third-order valence-corrected chi connectivity index (χ3v) is 4.06. The molecule has 4 rings (SSSR count). The van der Waals surface area contributed by atoms with Crippen molar-refractivity contribution in [2.24, 2.45) is 0 Å². The summed E-state index contributed by atoms with van der Waals surface area (Å²) in [5, 5.41) is 5.15. The molecule has 2 aromatic heterocycles. The lowest BCUT2D eigenvalue weighted by molar-refractivity contribution is -0.274. The molecule has 0 unspecified atom stereocenters. The Morgan fingerprint density at radius 1 is 0.839 bits per heavy atom. The number of pyridine rings is 1. The molecule has 0 fully saturated rings. The average molecular weight is 428 g/mol. The molecule has 7 nitrogen and oxygen atoms in total. The van der Waals surface area contributed by atoms with Gasteiger partial charge in [-0.05, 0) is 54.6 Å². The van der Waals surface area contributed by atoms with Gasteiger partial charge in [-0.2, -0.15) is 0 Å². The molecule has 2 N–H and O–H groups in total. The first kappa shape index (κ1) is 20.1. The topological polar surface area (TPSA) is 76.9 Å². The molecule has 31 heavy (non-hydrogen) atoms. The number of anilines is 2. The van der Waals surface area contributed by atoms with E-state index in [9.17, 15) is 18.0 Å². The Morgan fingerprint density at radius 2 is 1.45 bits per heavy atom. The normalized spacial score (nSPS) is 11.2. The van der Waals surface area contributed by atoms with Crippen molar-refractivity contribution in [3.05, 3.63) is 79.3 Å². The largest absolute Gasteiger partial charge is 0.573 e. The first-order valence-corrected chi connectivity index (χ1v) is 8.98. The molecule has 2 amide bonds. The fourth-order valence-corrected chi connectivity index (χ4v) is 2.73. The minimum Gasteiger partial charge on any atom is -0.457 e. The number of nitrogens with one attached hydrogen (secondary N) is 2. The summed E-state index contributed by atoms with van der Waals surface area (Å²) in [6.45, 7) is 0. The number of urea groups is 1. The molecule has 0 aliphatic carbocycles. The average Bonchev–Trinajstić information content (AvgIpc) is 3.18. The first-order chi connectivity index (χ1) is 14.8. The van der Waals surface area contributed by atoms with Gasteiger partial charge in [0.05, 0.1) is 0 Å². The summed E-state index contributed by atoms with van der Waals surface area (Å²) in [5.74, 6) is 0.818. The Hall–Kier alpha value is -4.21. The van der Waals surface area contributed by atoms with Crippen molar-refractivity contribution in [2.75, 3.05) is 10.6 Å². The third-order valence-electron chi connectivity index (χ3n) is 4.06. The van der Waals surface area contributed by atoms with E-state index < -0.39 is 12.4 Å². The number of rotatable bonds is 5. The summed E-state index contributed by atoms with van der Waals surface area (Å²) in [7, 11) is 0. The maximum absolute atomic E-state index is 12.2. The minimum absolute atomic E-state index is 0.307. The van der Waals surface area contributed by atoms with Gasteiger partial charge < -0.3 is 24.5 Å². The van der Waals surface area contributed by atoms with E-state index in [4.69, 9.17) is 4.74 Å². The van der Waals surface area contributed by atoms with E-state index in [1.54, 1.807) is 42.6 Å². The molecule has 0 bridgehead atoms. The number of alkyl halides is 3. The van der Waals surface area contributed by atoms with Crippen LogP contribution >= 0.6 is 0 Å². The van der Waals surface area contributed by atoms with Crippen LogP contribution in [0.4, 0.5) is 29.3 Å². The van der Waals surface area contributed by atoms with Gasteiger partial charge in [0, 0.05) is 36.0 Å². The number of carbonyl (C=O) groups excluding carboxylic acids is 1. The van der Waals surface area contributed by atoms with E-state index >= 15 is 0 Å². The molecule has 4 aromatic rings. The summed E-state index contributed by atoms with van der Waals surface area (Å²) >= 11 is 0. The van der Waals surface area contributed by atoms with Crippen LogP contribution in [-0.2, 0) is 0 Å². The van der Waals surface area contributed by atoms with Crippen molar-refractivity contribution in [1.29, 1.82) is 0 Å².